The number of nitrogens with one attached hydrogen (secondary N) is 1. The van der Waals surface area contributed by atoms with Crippen LogP contribution in [0.4, 0.5) is 0 Å². The third kappa shape index (κ3) is 2.79. The summed E-state index contributed by atoms with van der Waals surface area (Å²) in [6.45, 7) is 6.30. The molecule has 2 aliphatic heterocycles. The molecule has 1 N–H and O–H groups in total. The van der Waals surface area contributed by atoms with Crippen molar-refractivity contribution in [2.75, 3.05) is 39.3 Å². The predicted molar refractivity (Wildman–Crippen MR) is 52.8 cm³/mol. The quantitative estimate of drug-likeness (QED) is 0.619. The molecule has 1 saturated heterocycles. The Bertz CT molecular complexity index is 166. The maximum Gasteiger partial charge on any atom is 0.0826 e. The molecular formula is C10H18N2O. The highest BCUT2D eigenvalue weighted by molar-refractivity contribution is 4.96. The molecule has 13 heavy (non-hydrogen) atoms. The summed E-state index contributed by atoms with van der Waals surface area (Å²) in [7, 11) is 0. The monoisotopic (exact) mass is 182 g/mol. The van der Waals surface area contributed by atoms with E-state index in [4.69, 9.17) is 4.74 Å². The Balaban J connectivity index is 1.72. The zero-order valence-electron chi connectivity index (χ0n) is 8.04. The minimum Gasteiger partial charge on any atom is -0.376 e. The van der Waals surface area contributed by atoms with Gasteiger partial charge in [0.15, 0.2) is 0 Å². The minimum atomic E-state index is 0.391. The van der Waals surface area contributed by atoms with Gasteiger partial charge >= 0.3 is 0 Å². The molecule has 2 heterocycles. The van der Waals surface area contributed by atoms with Crippen LogP contribution in [0.3, 0.4) is 0 Å². The maximum absolute atomic E-state index is 5.73. The molecule has 0 amide bonds. The third-order valence-electron chi connectivity index (χ3n) is 2.58. The lowest BCUT2D eigenvalue weighted by Crippen LogP contribution is -2.37. The smallest absolute Gasteiger partial charge is 0.0826 e. The van der Waals surface area contributed by atoms with Crippen LogP contribution in [0.5, 0.6) is 0 Å². The van der Waals surface area contributed by atoms with Gasteiger partial charge in [-0.05, 0) is 13.0 Å². The molecule has 3 heteroatoms. The molecule has 1 fully saturated rings. The third-order valence-corrected chi connectivity index (χ3v) is 2.58. The lowest BCUT2D eigenvalue weighted by molar-refractivity contribution is 0.0445. The number of hydrogen-bond donors (Lipinski definition) is 1. The van der Waals surface area contributed by atoms with Gasteiger partial charge in [-0.15, -0.1) is 0 Å². The fraction of sp³-hybridized carbons (Fsp3) is 0.800. The minimum absolute atomic E-state index is 0.391. The predicted octanol–water partition coefficient (Wildman–Crippen LogP) is 0.237. The largest absolute Gasteiger partial charge is 0.376 e. The van der Waals surface area contributed by atoms with E-state index in [9.17, 15) is 0 Å². The highest BCUT2D eigenvalue weighted by Crippen LogP contribution is 2.04. The van der Waals surface area contributed by atoms with Gasteiger partial charge in [0.2, 0.25) is 0 Å². The standard InChI is InChI=1S/C10H18N2O/c1-2-6-12(5-1)9-10-8-11-4-3-7-13-10/h1-2,10-11H,3-9H2. The fourth-order valence-corrected chi connectivity index (χ4v) is 1.85. The van der Waals surface area contributed by atoms with Crippen molar-refractivity contribution >= 4 is 0 Å². The topological polar surface area (TPSA) is 24.5 Å². The van der Waals surface area contributed by atoms with Crippen molar-refractivity contribution in [3.63, 3.8) is 0 Å². The Morgan fingerprint density at radius 1 is 1.38 bits per heavy atom. The molecule has 0 aromatic rings. The van der Waals surface area contributed by atoms with Crippen molar-refractivity contribution in [2.24, 2.45) is 0 Å². The van der Waals surface area contributed by atoms with E-state index in [1.807, 2.05) is 0 Å². The summed E-state index contributed by atoms with van der Waals surface area (Å²) in [6, 6.07) is 0. The van der Waals surface area contributed by atoms with Gasteiger partial charge in [-0.2, -0.15) is 0 Å². The highest BCUT2D eigenvalue weighted by Gasteiger charge is 2.16. The summed E-state index contributed by atoms with van der Waals surface area (Å²) in [5, 5.41) is 3.40. The molecule has 0 aromatic carbocycles. The molecule has 3 nitrogen and oxygen atoms in total. The maximum atomic E-state index is 5.73. The Labute approximate surface area is 79.7 Å². The van der Waals surface area contributed by atoms with Gasteiger partial charge in [0.1, 0.15) is 0 Å². The van der Waals surface area contributed by atoms with E-state index in [1.165, 1.54) is 0 Å². The van der Waals surface area contributed by atoms with Gasteiger partial charge in [-0.1, -0.05) is 12.2 Å². The fourth-order valence-electron chi connectivity index (χ4n) is 1.85. The molecule has 0 aliphatic carbocycles. The van der Waals surface area contributed by atoms with E-state index >= 15 is 0 Å². The van der Waals surface area contributed by atoms with Gasteiger partial charge in [-0.3, -0.25) is 4.90 Å². The van der Waals surface area contributed by atoms with Crippen LogP contribution in [0, 0.1) is 0 Å². The number of hydrogen-bond acceptors (Lipinski definition) is 3. The summed E-state index contributed by atoms with van der Waals surface area (Å²) in [6.07, 6.45) is 5.99. The second kappa shape index (κ2) is 4.74. The van der Waals surface area contributed by atoms with Crippen LogP contribution in [0.1, 0.15) is 6.42 Å². The van der Waals surface area contributed by atoms with E-state index in [0.717, 1.165) is 45.8 Å². The van der Waals surface area contributed by atoms with Gasteiger partial charge in [0.05, 0.1) is 6.10 Å². The van der Waals surface area contributed by atoms with Crippen molar-refractivity contribution in [3.05, 3.63) is 12.2 Å². The molecule has 0 aromatic heterocycles. The lowest BCUT2D eigenvalue weighted by Gasteiger charge is -2.22. The molecule has 1 unspecified atom stereocenters. The normalized spacial score (nSPS) is 30.6. The lowest BCUT2D eigenvalue weighted by atomic mass is 10.3. The van der Waals surface area contributed by atoms with Crippen molar-refractivity contribution in [3.8, 4) is 0 Å². The summed E-state index contributed by atoms with van der Waals surface area (Å²) in [4.78, 5) is 2.41. The second-order valence-electron chi connectivity index (χ2n) is 3.74. The van der Waals surface area contributed by atoms with Crippen LogP contribution < -0.4 is 5.32 Å². The van der Waals surface area contributed by atoms with Crippen LogP contribution in [-0.2, 0) is 4.74 Å². The first-order chi connectivity index (χ1) is 6.45. The Kier molecular flexibility index (Phi) is 3.35. The van der Waals surface area contributed by atoms with Gasteiger partial charge in [0, 0.05) is 32.8 Å². The van der Waals surface area contributed by atoms with Crippen LogP contribution >= 0.6 is 0 Å². The summed E-state index contributed by atoms with van der Waals surface area (Å²) in [5.41, 5.74) is 0. The molecule has 0 spiro atoms. The zero-order valence-corrected chi connectivity index (χ0v) is 8.04. The molecule has 0 bridgehead atoms. The van der Waals surface area contributed by atoms with E-state index in [-0.39, 0.29) is 0 Å². The molecule has 0 saturated carbocycles. The molecule has 2 aliphatic rings. The molecule has 1 atom stereocenters. The Morgan fingerprint density at radius 3 is 3.08 bits per heavy atom. The molecular weight excluding hydrogens is 164 g/mol. The van der Waals surface area contributed by atoms with Gasteiger partial charge in [-0.25, -0.2) is 0 Å². The summed E-state index contributed by atoms with van der Waals surface area (Å²) in [5.74, 6) is 0. The second-order valence-corrected chi connectivity index (χ2v) is 3.74. The average Bonchev–Trinajstić information content (AvgIpc) is 2.49. The highest BCUT2D eigenvalue weighted by atomic mass is 16.5. The van der Waals surface area contributed by atoms with E-state index in [0.29, 0.717) is 6.10 Å². The Hall–Kier alpha value is -0.380. The molecule has 74 valence electrons. The van der Waals surface area contributed by atoms with E-state index < -0.39 is 0 Å². The SMILES string of the molecule is C1=CCN(CC2CNCCCO2)C1. The zero-order chi connectivity index (χ0) is 8.93. The average molecular weight is 182 g/mol. The van der Waals surface area contributed by atoms with Crippen molar-refractivity contribution in [1.29, 1.82) is 0 Å². The van der Waals surface area contributed by atoms with E-state index in [2.05, 4.69) is 22.4 Å². The molecule has 0 radical (unpaired) electrons. The first-order valence-electron chi connectivity index (χ1n) is 5.15. The number of rotatable bonds is 2. The van der Waals surface area contributed by atoms with Crippen LogP contribution in [0.15, 0.2) is 12.2 Å². The molecule has 2 rings (SSSR count). The van der Waals surface area contributed by atoms with Crippen LogP contribution in [0.25, 0.3) is 0 Å². The summed E-state index contributed by atoms with van der Waals surface area (Å²) >= 11 is 0. The van der Waals surface area contributed by atoms with Gasteiger partial charge < -0.3 is 10.1 Å². The first kappa shape index (κ1) is 9.19. The Morgan fingerprint density at radius 2 is 2.23 bits per heavy atom. The summed E-state index contributed by atoms with van der Waals surface area (Å²) < 4.78 is 5.73. The van der Waals surface area contributed by atoms with E-state index in [1.54, 1.807) is 0 Å². The van der Waals surface area contributed by atoms with Crippen LogP contribution in [-0.4, -0.2) is 50.3 Å². The number of nitrogens with zero attached hydrogens (tertiary/aromatic N) is 1. The first-order valence-corrected chi connectivity index (χ1v) is 5.15. The number of ether oxygens (including phenoxy) is 1. The van der Waals surface area contributed by atoms with Crippen molar-refractivity contribution < 1.29 is 4.74 Å². The van der Waals surface area contributed by atoms with Crippen molar-refractivity contribution in [1.82, 2.24) is 10.2 Å². The van der Waals surface area contributed by atoms with Gasteiger partial charge in [0.25, 0.3) is 0 Å². The van der Waals surface area contributed by atoms with Crippen LogP contribution in [0.2, 0.25) is 0 Å². The van der Waals surface area contributed by atoms with Crippen molar-refractivity contribution in [2.45, 2.75) is 12.5 Å².